The average Bonchev–Trinajstić information content (AvgIpc) is 3.27. The summed E-state index contributed by atoms with van der Waals surface area (Å²) in [4.78, 5) is 13.3. The van der Waals surface area contributed by atoms with E-state index >= 15 is 0 Å². The minimum absolute atomic E-state index is 0.581. The van der Waals surface area contributed by atoms with Crippen molar-refractivity contribution in [2.75, 3.05) is 38.0 Å². The first-order valence-electron chi connectivity index (χ1n) is 12.6. The van der Waals surface area contributed by atoms with E-state index < -0.39 is 0 Å². The minimum Gasteiger partial charge on any atom is -0.437 e. The lowest BCUT2D eigenvalue weighted by molar-refractivity contribution is 0.463. The van der Waals surface area contributed by atoms with Crippen molar-refractivity contribution in [1.82, 2.24) is 14.5 Å². The molecule has 3 heterocycles. The molecule has 0 atom stereocenters. The molecule has 0 amide bonds. The molecule has 0 saturated heterocycles. The van der Waals surface area contributed by atoms with Crippen molar-refractivity contribution < 1.29 is 4.74 Å². The van der Waals surface area contributed by atoms with Crippen molar-refractivity contribution in [1.29, 1.82) is 0 Å². The van der Waals surface area contributed by atoms with E-state index in [4.69, 9.17) is 9.72 Å². The first-order valence-corrected chi connectivity index (χ1v) is 12.6. The maximum atomic E-state index is 6.22. The maximum absolute atomic E-state index is 6.22. The van der Waals surface area contributed by atoms with Crippen LogP contribution in [0.1, 0.15) is 0 Å². The number of benzene rings is 3. The molecule has 0 aliphatic carbocycles. The molecular formula is C32H29N5O. The van der Waals surface area contributed by atoms with Gasteiger partial charge in [0.25, 0.3) is 0 Å². The van der Waals surface area contributed by atoms with Crippen LogP contribution in [0.2, 0.25) is 0 Å². The molecular weight excluding hydrogens is 470 g/mol. The Labute approximate surface area is 222 Å². The van der Waals surface area contributed by atoms with E-state index in [1.54, 1.807) is 6.20 Å². The highest BCUT2D eigenvalue weighted by Crippen LogP contribution is 2.36. The molecule has 0 aliphatic heterocycles. The smallest absolute Gasteiger partial charge is 0.243 e. The van der Waals surface area contributed by atoms with Gasteiger partial charge < -0.3 is 14.5 Å². The van der Waals surface area contributed by atoms with E-state index in [9.17, 15) is 0 Å². The summed E-state index contributed by atoms with van der Waals surface area (Å²) in [6.07, 6.45) is 3.66. The molecule has 0 unspecified atom stereocenters. The zero-order valence-electron chi connectivity index (χ0n) is 22.0. The lowest BCUT2D eigenvalue weighted by Crippen LogP contribution is -2.10. The molecule has 0 N–H and O–H groups in total. The molecule has 0 fully saturated rings. The molecule has 0 bridgehead atoms. The topological polar surface area (TPSA) is 46.4 Å². The number of pyridine rings is 2. The van der Waals surface area contributed by atoms with Crippen molar-refractivity contribution >= 4 is 33.2 Å². The molecule has 6 nitrogen and oxygen atoms in total. The summed E-state index contributed by atoms with van der Waals surface area (Å²) in [5, 5.41) is 2.40. The zero-order chi connectivity index (χ0) is 26.2. The van der Waals surface area contributed by atoms with Gasteiger partial charge >= 0.3 is 0 Å². The zero-order valence-corrected chi connectivity index (χ0v) is 22.0. The number of hydrogen-bond donors (Lipinski definition) is 0. The largest absolute Gasteiger partial charge is 0.437 e. The third-order valence-corrected chi connectivity index (χ3v) is 6.77. The van der Waals surface area contributed by atoms with E-state index in [0.717, 1.165) is 45.1 Å². The average molecular weight is 500 g/mol. The Kier molecular flexibility index (Phi) is 5.92. The standard InChI is InChI=1S/C32H29N5O/c1-35(2)24-15-17-31(34-21-24)37-28-12-6-5-11-26(28)27-16-14-23(20-30(27)37)22-9-7-10-25(19-22)38-32-29(36(3)4)13-8-18-33-32/h5-21H,1-4H3. The van der Waals surface area contributed by atoms with Gasteiger partial charge in [-0.25, -0.2) is 9.97 Å². The summed E-state index contributed by atoms with van der Waals surface area (Å²) < 4.78 is 8.46. The maximum Gasteiger partial charge on any atom is 0.243 e. The lowest BCUT2D eigenvalue weighted by Gasteiger charge is -2.16. The predicted molar refractivity (Wildman–Crippen MR) is 157 cm³/mol. The van der Waals surface area contributed by atoms with Crippen LogP contribution in [0.4, 0.5) is 11.4 Å². The summed E-state index contributed by atoms with van der Waals surface area (Å²) >= 11 is 0. The fraction of sp³-hybridized carbons (Fsp3) is 0.125. The van der Waals surface area contributed by atoms with E-state index in [1.807, 2.05) is 63.6 Å². The number of ether oxygens (including phenoxy) is 1. The molecule has 38 heavy (non-hydrogen) atoms. The SMILES string of the molecule is CN(C)c1ccc(-n2c3ccccc3c3ccc(-c4cccc(Oc5ncccc5N(C)C)c4)cc32)nc1. The van der Waals surface area contributed by atoms with Gasteiger partial charge in [-0.2, -0.15) is 0 Å². The van der Waals surface area contributed by atoms with Crippen LogP contribution in [0.15, 0.2) is 103 Å². The monoisotopic (exact) mass is 499 g/mol. The van der Waals surface area contributed by atoms with Gasteiger partial charge in [0.1, 0.15) is 11.6 Å². The minimum atomic E-state index is 0.581. The second kappa shape index (κ2) is 9.56. The Hall–Kier alpha value is -4.84. The predicted octanol–water partition coefficient (Wildman–Crippen LogP) is 7.17. The van der Waals surface area contributed by atoms with Crippen molar-refractivity contribution in [3.8, 4) is 28.6 Å². The van der Waals surface area contributed by atoms with Gasteiger partial charge in [-0.1, -0.05) is 42.5 Å². The lowest BCUT2D eigenvalue weighted by atomic mass is 10.0. The summed E-state index contributed by atoms with van der Waals surface area (Å²) in [5.74, 6) is 2.21. The number of hydrogen-bond acceptors (Lipinski definition) is 5. The molecule has 3 aromatic carbocycles. The Balaban J connectivity index is 1.45. The molecule has 0 radical (unpaired) electrons. The van der Waals surface area contributed by atoms with Gasteiger partial charge in [-0.05, 0) is 59.7 Å². The van der Waals surface area contributed by atoms with Gasteiger partial charge in [0.2, 0.25) is 5.88 Å². The fourth-order valence-corrected chi connectivity index (χ4v) is 4.82. The van der Waals surface area contributed by atoms with Crippen molar-refractivity contribution in [2.45, 2.75) is 0 Å². The van der Waals surface area contributed by atoms with Crippen LogP contribution in [0.5, 0.6) is 11.6 Å². The van der Waals surface area contributed by atoms with Crippen LogP contribution in [0, 0.1) is 0 Å². The number of anilines is 2. The number of nitrogens with zero attached hydrogens (tertiary/aromatic N) is 5. The molecule has 188 valence electrons. The Morgan fingerprint density at radius 1 is 0.658 bits per heavy atom. The van der Waals surface area contributed by atoms with Gasteiger partial charge in [0, 0.05) is 45.2 Å². The van der Waals surface area contributed by atoms with Crippen molar-refractivity contribution in [2.24, 2.45) is 0 Å². The fourth-order valence-electron chi connectivity index (χ4n) is 4.82. The van der Waals surface area contributed by atoms with E-state index in [1.165, 1.54) is 10.8 Å². The molecule has 3 aromatic heterocycles. The van der Waals surface area contributed by atoms with Gasteiger partial charge in [-0.3, -0.25) is 4.57 Å². The van der Waals surface area contributed by atoms with Crippen molar-refractivity contribution in [3.63, 3.8) is 0 Å². The molecule has 6 aromatic rings. The molecule has 0 spiro atoms. The van der Waals surface area contributed by atoms with Crippen LogP contribution in [-0.2, 0) is 0 Å². The van der Waals surface area contributed by atoms with E-state index in [-0.39, 0.29) is 0 Å². The van der Waals surface area contributed by atoms with Crippen molar-refractivity contribution in [3.05, 3.63) is 103 Å². The highest BCUT2D eigenvalue weighted by molar-refractivity contribution is 6.10. The van der Waals surface area contributed by atoms with Gasteiger partial charge in [0.05, 0.1) is 28.6 Å². The Morgan fingerprint density at radius 2 is 1.47 bits per heavy atom. The van der Waals surface area contributed by atoms with Crippen LogP contribution >= 0.6 is 0 Å². The molecule has 6 rings (SSSR count). The number of fused-ring (bicyclic) bond motifs is 3. The summed E-state index contributed by atoms with van der Waals surface area (Å²) in [6.45, 7) is 0. The summed E-state index contributed by atoms with van der Waals surface area (Å²) in [6, 6.07) is 31.3. The molecule has 6 heteroatoms. The summed E-state index contributed by atoms with van der Waals surface area (Å²) in [5.41, 5.74) is 6.41. The third kappa shape index (κ3) is 4.20. The van der Waals surface area contributed by atoms with E-state index in [0.29, 0.717) is 5.88 Å². The Morgan fingerprint density at radius 3 is 2.26 bits per heavy atom. The van der Waals surface area contributed by atoms with E-state index in [2.05, 4.69) is 81.2 Å². The second-order valence-corrected chi connectivity index (χ2v) is 9.71. The van der Waals surface area contributed by atoms with Crippen LogP contribution < -0.4 is 14.5 Å². The molecule has 0 aliphatic rings. The second-order valence-electron chi connectivity index (χ2n) is 9.71. The van der Waals surface area contributed by atoms with Gasteiger partial charge in [-0.15, -0.1) is 0 Å². The molecule has 0 saturated carbocycles. The quantitative estimate of drug-likeness (QED) is 0.243. The van der Waals surface area contributed by atoms with Crippen LogP contribution in [0.25, 0.3) is 38.8 Å². The van der Waals surface area contributed by atoms with Gasteiger partial charge in [0.15, 0.2) is 0 Å². The summed E-state index contributed by atoms with van der Waals surface area (Å²) in [7, 11) is 8.02. The number of rotatable bonds is 6. The third-order valence-electron chi connectivity index (χ3n) is 6.77. The van der Waals surface area contributed by atoms with Crippen LogP contribution in [0.3, 0.4) is 0 Å². The first kappa shape index (κ1) is 23.6. The van der Waals surface area contributed by atoms with Crippen LogP contribution in [-0.4, -0.2) is 42.7 Å². The number of aromatic nitrogens is 3. The number of para-hydroxylation sites is 1. The highest BCUT2D eigenvalue weighted by Gasteiger charge is 2.15. The normalized spacial score (nSPS) is 11.2. The Bertz CT molecular complexity index is 1750. The highest BCUT2D eigenvalue weighted by atomic mass is 16.5. The first-order chi connectivity index (χ1) is 18.5.